The molecule has 0 aliphatic heterocycles. The second-order valence-corrected chi connectivity index (χ2v) is 6.71. The molecule has 0 aliphatic carbocycles. The molecule has 0 saturated carbocycles. The number of non-ortho nitro benzene ring substituents is 1. The number of benzene rings is 2. The average Bonchev–Trinajstić information content (AvgIpc) is 3.16. The number of nitro benzene ring substituents is 1. The summed E-state index contributed by atoms with van der Waals surface area (Å²) in [5.41, 5.74) is 1.36. The summed E-state index contributed by atoms with van der Waals surface area (Å²) in [5, 5.41) is 15.9. The minimum atomic E-state index is -0.466. The van der Waals surface area contributed by atoms with Gasteiger partial charge in [-0.1, -0.05) is 30.3 Å². The van der Waals surface area contributed by atoms with Gasteiger partial charge in [0, 0.05) is 17.5 Å². The van der Waals surface area contributed by atoms with Gasteiger partial charge in [0.05, 0.1) is 11.0 Å². The molecule has 0 saturated heterocycles. The van der Waals surface area contributed by atoms with E-state index in [1.54, 1.807) is 5.38 Å². The lowest BCUT2D eigenvalue weighted by Crippen LogP contribution is -2.26. The maximum atomic E-state index is 12.3. The summed E-state index contributed by atoms with van der Waals surface area (Å²) >= 11 is 1.32. The Hall–Kier alpha value is -3.26. The number of nitro groups is 1. The van der Waals surface area contributed by atoms with Gasteiger partial charge in [-0.3, -0.25) is 14.9 Å². The van der Waals surface area contributed by atoms with E-state index in [2.05, 4.69) is 10.3 Å². The van der Waals surface area contributed by atoms with Gasteiger partial charge in [-0.2, -0.15) is 0 Å². The first-order chi connectivity index (χ1) is 13.0. The van der Waals surface area contributed by atoms with Crippen LogP contribution in [0.25, 0.3) is 0 Å². The quantitative estimate of drug-likeness (QED) is 0.489. The van der Waals surface area contributed by atoms with Crippen molar-refractivity contribution in [2.75, 3.05) is 0 Å². The zero-order chi connectivity index (χ0) is 19.2. The number of amides is 1. The van der Waals surface area contributed by atoms with Gasteiger partial charge in [0.15, 0.2) is 0 Å². The lowest BCUT2D eigenvalue weighted by Gasteiger charge is -2.13. The third kappa shape index (κ3) is 4.89. The highest BCUT2D eigenvalue weighted by molar-refractivity contribution is 7.09. The lowest BCUT2D eigenvalue weighted by atomic mass is 10.1. The summed E-state index contributed by atoms with van der Waals surface area (Å²) in [6, 6.07) is 15.4. The van der Waals surface area contributed by atoms with E-state index in [-0.39, 0.29) is 24.2 Å². The van der Waals surface area contributed by atoms with Gasteiger partial charge in [-0.15, -0.1) is 11.3 Å². The Bertz CT molecular complexity index is 926. The van der Waals surface area contributed by atoms with E-state index < -0.39 is 4.92 Å². The van der Waals surface area contributed by atoms with Crippen molar-refractivity contribution in [1.29, 1.82) is 0 Å². The molecule has 0 fully saturated rings. The Morgan fingerprint density at radius 3 is 2.59 bits per heavy atom. The van der Waals surface area contributed by atoms with Crippen molar-refractivity contribution < 1.29 is 14.5 Å². The maximum Gasteiger partial charge on any atom is 0.271 e. The van der Waals surface area contributed by atoms with E-state index in [9.17, 15) is 14.9 Å². The molecule has 0 unspecified atom stereocenters. The van der Waals surface area contributed by atoms with Gasteiger partial charge < -0.3 is 10.1 Å². The monoisotopic (exact) mass is 383 g/mol. The Morgan fingerprint density at radius 2 is 1.93 bits per heavy atom. The highest BCUT2D eigenvalue weighted by Crippen LogP contribution is 2.20. The van der Waals surface area contributed by atoms with Gasteiger partial charge in [0.1, 0.15) is 23.1 Å². The summed E-state index contributed by atoms with van der Waals surface area (Å²) in [7, 11) is 0. The fourth-order valence-corrected chi connectivity index (χ4v) is 3.07. The van der Waals surface area contributed by atoms with Gasteiger partial charge >= 0.3 is 0 Å². The van der Waals surface area contributed by atoms with Crippen LogP contribution in [0, 0.1) is 10.1 Å². The zero-order valence-electron chi connectivity index (χ0n) is 14.5. The Kier molecular flexibility index (Phi) is 5.77. The summed E-state index contributed by atoms with van der Waals surface area (Å²) < 4.78 is 5.56. The lowest BCUT2D eigenvalue weighted by molar-refractivity contribution is -0.384. The van der Waals surface area contributed by atoms with E-state index >= 15 is 0 Å². The molecule has 1 atom stereocenters. The van der Waals surface area contributed by atoms with Crippen LogP contribution in [0.3, 0.4) is 0 Å². The number of aromatic nitrogens is 1. The number of ether oxygens (including phenoxy) is 1. The second-order valence-electron chi connectivity index (χ2n) is 5.77. The molecule has 1 N–H and O–H groups in total. The average molecular weight is 383 g/mol. The number of nitrogens with zero attached hydrogens (tertiary/aromatic N) is 2. The molecular formula is C19H17N3O4S. The Balaban J connectivity index is 1.56. The fourth-order valence-electron chi connectivity index (χ4n) is 2.39. The van der Waals surface area contributed by atoms with Crippen LogP contribution in [0.2, 0.25) is 0 Å². The molecule has 0 bridgehead atoms. The van der Waals surface area contributed by atoms with Crippen LogP contribution in [0.4, 0.5) is 5.69 Å². The summed E-state index contributed by atoms with van der Waals surface area (Å²) in [5.74, 6) is 0.253. The third-order valence-electron chi connectivity index (χ3n) is 3.84. The van der Waals surface area contributed by atoms with Crippen molar-refractivity contribution in [3.8, 4) is 5.75 Å². The zero-order valence-corrected chi connectivity index (χ0v) is 15.3. The molecule has 0 aliphatic rings. The molecule has 2 aromatic carbocycles. The minimum Gasteiger partial charge on any atom is -0.486 e. The third-order valence-corrected chi connectivity index (χ3v) is 4.66. The highest BCUT2D eigenvalue weighted by Gasteiger charge is 2.15. The van der Waals surface area contributed by atoms with E-state index in [0.717, 1.165) is 5.56 Å². The van der Waals surface area contributed by atoms with Crippen molar-refractivity contribution in [2.24, 2.45) is 0 Å². The normalized spacial score (nSPS) is 11.6. The molecule has 8 heteroatoms. The SMILES string of the molecule is C[C@H](NC(=O)c1csc(COc2ccc([N+](=O)[O-])cc2)n1)c1ccccc1. The van der Waals surface area contributed by atoms with Gasteiger partial charge in [-0.25, -0.2) is 4.98 Å². The molecule has 3 aromatic rings. The molecule has 138 valence electrons. The van der Waals surface area contributed by atoms with Crippen molar-refractivity contribution in [3.63, 3.8) is 0 Å². The van der Waals surface area contributed by atoms with Crippen LogP contribution >= 0.6 is 11.3 Å². The number of hydrogen-bond donors (Lipinski definition) is 1. The standard InChI is InChI=1S/C19H17N3O4S/c1-13(14-5-3-2-4-6-14)20-19(23)17-12-27-18(21-17)11-26-16-9-7-15(8-10-16)22(24)25/h2-10,12-13H,11H2,1H3,(H,20,23)/t13-/m0/s1. The number of nitrogens with one attached hydrogen (secondary N) is 1. The number of carbonyl (C=O) groups is 1. The van der Waals surface area contributed by atoms with Crippen LogP contribution in [0.1, 0.15) is 34.0 Å². The maximum absolute atomic E-state index is 12.3. The summed E-state index contributed by atoms with van der Waals surface area (Å²) in [6.07, 6.45) is 0. The molecule has 1 aromatic heterocycles. The van der Waals surface area contributed by atoms with E-state index in [1.165, 1.54) is 35.6 Å². The first kappa shape index (κ1) is 18.5. The highest BCUT2D eigenvalue weighted by atomic mass is 32.1. The van der Waals surface area contributed by atoms with Crippen molar-refractivity contribution in [3.05, 3.63) is 86.4 Å². The first-order valence-corrected chi connectivity index (χ1v) is 9.08. The largest absolute Gasteiger partial charge is 0.486 e. The van der Waals surface area contributed by atoms with E-state index in [1.807, 2.05) is 37.3 Å². The predicted molar refractivity (Wildman–Crippen MR) is 102 cm³/mol. The van der Waals surface area contributed by atoms with E-state index in [4.69, 9.17) is 4.74 Å². The van der Waals surface area contributed by atoms with Crippen molar-refractivity contribution >= 4 is 22.9 Å². The molecule has 7 nitrogen and oxygen atoms in total. The van der Waals surface area contributed by atoms with Crippen LogP contribution < -0.4 is 10.1 Å². The van der Waals surface area contributed by atoms with Gasteiger partial charge in [0.25, 0.3) is 11.6 Å². The summed E-state index contributed by atoms with van der Waals surface area (Å²) in [6.45, 7) is 2.10. The molecule has 3 rings (SSSR count). The molecule has 1 heterocycles. The molecule has 1 amide bonds. The molecule has 27 heavy (non-hydrogen) atoms. The first-order valence-electron chi connectivity index (χ1n) is 8.20. The number of carbonyl (C=O) groups excluding carboxylic acids is 1. The topological polar surface area (TPSA) is 94.4 Å². The predicted octanol–water partition coefficient (Wildman–Crippen LogP) is 4.12. The van der Waals surface area contributed by atoms with E-state index in [0.29, 0.717) is 16.5 Å². The molecule has 0 radical (unpaired) electrons. The summed E-state index contributed by atoms with van der Waals surface area (Å²) in [4.78, 5) is 26.8. The number of rotatable bonds is 7. The van der Waals surface area contributed by atoms with Crippen molar-refractivity contribution in [2.45, 2.75) is 19.6 Å². The van der Waals surface area contributed by atoms with Gasteiger partial charge in [0.2, 0.25) is 0 Å². The molecule has 0 spiro atoms. The van der Waals surface area contributed by atoms with Crippen LogP contribution in [0.15, 0.2) is 60.0 Å². The Morgan fingerprint density at radius 1 is 1.22 bits per heavy atom. The van der Waals surface area contributed by atoms with Gasteiger partial charge in [-0.05, 0) is 24.6 Å². The Labute approximate surface area is 159 Å². The van der Waals surface area contributed by atoms with Crippen LogP contribution in [-0.4, -0.2) is 15.8 Å². The van der Waals surface area contributed by atoms with Crippen LogP contribution in [-0.2, 0) is 6.61 Å². The molecular weight excluding hydrogens is 366 g/mol. The second kappa shape index (κ2) is 8.41. The number of hydrogen-bond acceptors (Lipinski definition) is 6. The van der Waals surface area contributed by atoms with Crippen molar-refractivity contribution in [1.82, 2.24) is 10.3 Å². The smallest absolute Gasteiger partial charge is 0.271 e. The minimum absolute atomic E-state index is 0.00286. The fraction of sp³-hybridized carbons (Fsp3) is 0.158. The van der Waals surface area contributed by atoms with Crippen LogP contribution in [0.5, 0.6) is 5.75 Å². The number of thiazole rings is 1.